The van der Waals surface area contributed by atoms with Crippen molar-refractivity contribution in [1.82, 2.24) is 4.90 Å². The smallest absolute Gasteiger partial charge is 0.260 e. The van der Waals surface area contributed by atoms with Crippen LogP contribution in [-0.4, -0.2) is 24.5 Å². The maximum Gasteiger partial charge on any atom is 0.260 e. The zero-order valence-electron chi connectivity index (χ0n) is 14.3. The van der Waals surface area contributed by atoms with E-state index in [4.69, 9.17) is 13.6 Å². The van der Waals surface area contributed by atoms with Crippen molar-refractivity contribution < 1.29 is 18.4 Å². The molecule has 5 nitrogen and oxygen atoms in total. The van der Waals surface area contributed by atoms with Crippen LogP contribution in [0.5, 0.6) is 5.75 Å². The van der Waals surface area contributed by atoms with E-state index < -0.39 is 0 Å². The number of nitrogens with zero attached hydrogens (tertiary/aromatic N) is 1. The molecule has 0 fully saturated rings. The van der Waals surface area contributed by atoms with Gasteiger partial charge in [0.2, 0.25) is 0 Å². The molecule has 1 aromatic carbocycles. The van der Waals surface area contributed by atoms with E-state index in [1.165, 1.54) is 18.4 Å². The number of aryl methyl sites for hydroxylation is 2. The number of benzene rings is 1. The highest BCUT2D eigenvalue weighted by molar-refractivity contribution is 5.84. The largest absolute Gasteiger partial charge is 0.484 e. The molecular weight excluding hydrogens is 318 g/mol. The Bertz CT molecular complexity index is 879. The number of carbonyl (C=O) groups is 1. The molecule has 1 aliphatic carbocycles. The van der Waals surface area contributed by atoms with E-state index in [1.54, 1.807) is 18.2 Å². The molecule has 0 saturated heterocycles. The van der Waals surface area contributed by atoms with E-state index in [0.717, 1.165) is 35.3 Å². The van der Waals surface area contributed by atoms with E-state index in [2.05, 4.69) is 0 Å². The minimum atomic E-state index is -0.0919. The van der Waals surface area contributed by atoms with Gasteiger partial charge in [0, 0.05) is 24.4 Å². The Morgan fingerprint density at radius 2 is 2.12 bits per heavy atom. The molecule has 0 spiro atoms. The molecule has 130 valence electrons. The van der Waals surface area contributed by atoms with Gasteiger partial charge in [-0.15, -0.1) is 0 Å². The van der Waals surface area contributed by atoms with Gasteiger partial charge < -0.3 is 18.5 Å². The quantitative estimate of drug-likeness (QED) is 0.706. The Balaban J connectivity index is 1.43. The fourth-order valence-corrected chi connectivity index (χ4v) is 3.31. The summed E-state index contributed by atoms with van der Waals surface area (Å²) in [4.78, 5) is 13.8. The summed E-state index contributed by atoms with van der Waals surface area (Å²) in [7, 11) is 1.74. The summed E-state index contributed by atoms with van der Waals surface area (Å²) in [6.45, 7) is 0.437. The molecule has 1 aliphatic rings. The molecule has 0 radical (unpaired) electrons. The number of rotatable bonds is 5. The number of hydrogen-bond acceptors (Lipinski definition) is 4. The molecule has 0 unspecified atom stereocenters. The number of carbonyl (C=O) groups excluding carboxylic acids is 1. The van der Waals surface area contributed by atoms with Crippen LogP contribution in [0.1, 0.15) is 29.9 Å². The van der Waals surface area contributed by atoms with Gasteiger partial charge in [0.05, 0.1) is 12.8 Å². The second-order valence-corrected chi connectivity index (χ2v) is 6.49. The van der Waals surface area contributed by atoms with Crippen LogP contribution in [0.4, 0.5) is 0 Å². The maximum absolute atomic E-state index is 12.2. The first-order chi connectivity index (χ1) is 12.2. The van der Waals surface area contributed by atoms with Gasteiger partial charge in [0.1, 0.15) is 22.9 Å². The number of hydrogen-bond donors (Lipinski definition) is 0. The lowest BCUT2D eigenvalue weighted by molar-refractivity contribution is -0.132. The average molecular weight is 339 g/mol. The van der Waals surface area contributed by atoms with E-state index in [9.17, 15) is 4.79 Å². The molecule has 1 amide bonds. The fourth-order valence-electron chi connectivity index (χ4n) is 3.31. The van der Waals surface area contributed by atoms with Gasteiger partial charge in [-0.3, -0.25) is 4.79 Å². The Labute approximate surface area is 146 Å². The van der Waals surface area contributed by atoms with Gasteiger partial charge in [0.15, 0.2) is 6.61 Å². The lowest BCUT2D eigenvalue weighted by Gasteiger charge is -2.16. The first-order valence-electron chi connectivity index (χ1n) is 8.64. The summed E-state index contributed by atoms with van der Waals surface area (Å²) in [5.41, 5.74) is 2.20. The summed E-state index contributed by atoms with van der Waals surface area (Å²) >= 11 is 0. The number of ether oxygens (including phenoxy) is 1. The number of likely N-dealkylation sites (N-methyl/N-ethyl adjacent to an activating group) is 1. The lowest BCUT2D eigenvalue weighted by atomic mass is 9.96. The second kappa shape index (κ2) is 6.67. The first kappa shape index (κ1) is 15.8. The SMILES string of the molecule is CN(Cc1ccco1)C(=O)COc1ccc2oc3c(c2c1)CCCC3. The van der Waals surface area contributed by atoms with Crippen LogP contribution in [0.25, 0.3) is 11.0 Å². The van der Waals surface area contributed by atoms with Gasteiger partial charge in [0.25, 0.3) is 5.91 Å². The zero-order valence-corrected chi connectivity index (χ0v) is 14.3. The van der Waals surface area contributed by atoms with E-state index in [0.29, 0.717) is 12.3 Å². The van der Waals surface area contributed by atoms with Gasteiger partial charge in [-0.25, -0.2) is 0 Å². The maximum atomic E-state index is 12.2. The van der Waals surface area contributed by atoms with E-state index in [1.807, 2.05) is 30.3 Å². The summed E-state index contributed by atoms with van der Waals surface area (Å²) in [5.74, 6) is 2.46. The van der Waals surface area contributed by atoms with Crippen molar-refractivity contribution in [3.05, 3.63) is 53.7 Å². The monoisotopic (exact) mass is 339 g/mol. The van der Waals surface area contributed by atoms with Crippen molar-refractivity contribution in [2.24, 2.45) is 0 Å². The third-order valence-corrected chi connectivity index (χ3v) is 4.69. The molecule has 0 bridgehead atoms. The fraction of sp³-hybridized carbons (Fsp3) is 0.350. The molecule has 2 aromatic heterocycles. The van der Waals surface area contributed by atoms with Crippen LogP contribution in [0.3, 0.4) is 0 Å². The van der Waals surface area contributed by atoms with Gasteiger partial charge >= 0.3 is 0 Å². The second-order valence-electron chi connectivity index (χ2n) is 6.49. The minimum absolute atomic E-state index is 0.00274. The van der Waals surface area contributed by atoms with E-state index in [-0.39, 0.29) is 12.5 Å². The Kier molecular flexibility index (Phi) is 4.22. The van der Waals surface area contributed by atoms with Crippen LogP contribution in [0.2, 0.25) is 0 Å². The van der Waals surface area contributed by atoms with Gasteiger partial charge in [-0.2, -0.15) is 0 Å². The first-order valence-corrected chi connectivity index (χ1v) is 8.64. The van der Waals surface area contributed by atoms with Crippen molar-refractivity contribution in [2.75, 3.05) is 13.7 Å². The summed E-state index contributed by atoms with van der Waals surface area (Å²) < 4.78 is 16.9. The topological polar surface area (TPSA) is 55.8 Å². The highest BCUT2D eigenvalue weighted by atomic mass is 16.5. The average Bonchev–Trinajstić information content (AvgIpc) is 3.26. The molecule has 3 aromatic rings. The number of furan rings is 2. The molecule has 0 N–H and O–H groups in total. The van der Waals surface area contributed by atoms with Crippen molar-refractivity contribution in [2.45, 2.75) is 32.2 Å². The summed E-state index contributed by atoms with van der Waals surface area (Å²) in [5, 5.41) is 1.11. The van der Waals surface area contributed by atoms with Crippen molar-refractivity contribution in [3.63, 3.8) is 0 Å². The molecule has 0 aliphatic heterocycles. The summed E-state index contributed by atoms with van der Waals surface area (Å²) in [6, 6.07) is 9.44. The predicted molar refractivity (Wildman–Crippen MR) is 93.5 cm³/mol. The predicted octanol–water partition coefficient (Wildman–Crippen LogP) is 3.94. The standard InChI is InChI=1S/C20H21NO4/c1-21(12-15-5-4-10-23-15)20(22)13-24-14-8-9-19-17(11-14)16-6-2-3-7-18(16)25-19/h4-5,8-11H,2-3,6-7,12-13H2,1H3. The third kappa shape index (κ3) is 3.27. The molecule has 4 rings (SSSR count). The van der Waals surface area contributed by atoms with Crippen LogP contribution >= 0.6 is 0 Å². The number of fused-ring (bicyclic) bond motifs is 3. The van der Waals surface area contributed by atoms with Gasteiger partial charge in [-0.1, -0.05) is 0 Å². The molecule has 25 heavy (non-hydrogen) atoms. The van der Waals surface area contributed by atoms with Crippen molar-refractivity contribution >= 4 is 16.9 Å². The van der Waals surface area contributed by atoms with Crippen molar-refractivity contribution in [1.29, 1.82) is 0 Å². The normalized spacial score (nSPS) is 13.6. The molecule has 0 atom stereocenters. The zero-order chi connectivity index (χ0) is 17.2. The lowest BCUT2D eigenvalue weighted by Crippen LogP contribution is -2.30. The Morgan fingerprint density at radius 1 is 1.24 bits per heavy atom. The molecule has 0 saturated carbocycles. The van der Waals surface area contributed by atoms with Crippen molar-refractivity contribution in [3.8, 4) is 5.75 Å². The van der Waals surface area contributed by atoms with Crippen LogP contribution in [-0.2, 0) is 24.2 Å². The van der Waals surface area contributed by atoms with Gasteiger partial charge in [-0.05, 0) is 49.6 Å². The Morgan fingerprint density at radius 3 is 2.96 bits per heavy atom. The minimum Gasteiger partial charge on any atom is -0.484 e. The molecule has 5 heteroatoms. The Hall–Kier alpha value is -2.69. The molecular formula is C20H21NO4. The third-order valence-electron chi connectivity index (χ3n) is 4.69. The van der Waals surface area contributed by atoms with Crippen LogP contribution in [0, 0.1) is 0 Å². The highest BCUT2D eigenvalue weighted by Crippen LogP contribution is 2.33. The molecule has 2 heterocycles. The summed E-state index contributed by atoms with van der Waals surface area (Å²) in [6.07, 6.45) is 6.05. The van der Waals surface area contributed by atoms with E-state index >= 15 is 0 Å². The van der Waals surface area contributed by atoms with Crippen LogP contribution in [0.15, 0.2) is 45.4 Å². The van der Waals surface area contributed by atoms with Crippen LogP contribution < -0.4 is 4.74 Å². The number of amides is 1. The highest BCUT2D eigenvalue weighted by Gasteiger charge is 2.18.